The second-order valence-corrected chi connectivity index (χ2v) is 10.3. The Morgan fingerprint density at radius 3 is 2.44 bits per heavy atom. The molecular formula is C27H26N4O4S. The zero-order chi connectivity index (χ0) is 25.4. The van der Waals surface area contributed by atoms with Crippen LogP contribution < -0.4 is 15.2 Å². The van der Waals surface area contributed by atoms with Gasteiger partial charge in [0.25, 0.3) is 10.0 Å². The zero-order valence-electron chi connectivity index (χ0n) is 20.2. The van der Waals surface area contributed by atoms with Gasteiger partial charge >= 0.3 is 5.63 Å². The van der Waals surface area contributed by atoms with Crippen molar-refractivity contribution < 1.29 is 12.8 Å². The highest BCUT2D eigenvalue weighted by atomic mass is 32.2. The monoisotopic (exact) mass is 502 g/mol. The first kappa shape index (κ1) is 23.6. The van der Waals surface area contributed by atoms with E-state index < -0.39 is 15.6 Å². The molecule has 0 aliphatic heterocycles. The molecule has 8 nitrogen and oxygen atoms in total. The molecule has 2 N–H and O–H groups in total. The third-order valence-corrected chi connectivity index (χ3v) is 7.55. The summed E-state index contributed by atoms with van der Waals surface area (Å²) in [7, 11) is -3.81. The molecule has 5 rings (SSSR count). The van der Waals surface area contributed by atoms with Gasteiger partial charge in [0.2, 0.25) is 0 Å². The van der Waals surface area contributed by atoms with Crippen molar-refractivity contribution in [3.63, 3.8) is 0 Å². The van der Waals surface area contributed by atoms with Crippen LogP contribution in [0.25, 0.3) is 33.4 Å². The maximum Gasteiger partial charge on any atom is 0.347 e. The summed E-state index contributed by atoms with van der Waals surface area (Å²) in [5.74, 6) is 0.314. The van der Waals surface area contributed by atoms with Gasteiger partial charge in [-0.1, -0.05) is 17.7 Å². The predicted octanol–water partition coefficient (Wildman–Crippen LogP) is 5.29. The van der Waals surface area contributed by atoms with E-state index in [4.69, 9.17) is 4.42 Å². The molecule has 2 heterocycles. The summed E-state index contributed by atoms with van der Waals surface area (Å²) >= 11 is 0. The quantitative estimate of drug-likeness (QED) is 0.293. The number of H-pyrrole nitrogens is 1. The van der Waals surface area contributed by atoms with Crippen LogP contribution in [0, 0.1) is 6.92 Å². The smallest absolute Gasteiger partial charge is 0.347 e. The van der Waals surface area contributed by atoms with Gasteiger partial charge in [-0.15, -0.1) is 0 Å². The fourth-order valence-corrected chi connectivity index (χ4v) is 5.25. The Balaban J connectivity index is 1.50. The van der Waals surface area contributed by atoms with Gasteiger partial charge in [-0.25, -0.2) is 18.2 Å². The lowest BCUT2D eigenvalue weighted by Crippen LogP contribution is -2.21. The molecule has 0 fully saturated rings. The number of imidazole rings is 1. The van der Waals surface area contributed by atoms with Crippen molar-refractivity contribution in [1.29, 1.82) is 0 Å². The van der Waals surface area contributed by atoms with Gasteiger partial charge in [0.15, 0.2) is 0 Å². The van der Waals surface area contributed by atoms with E-state index in [1.807, 2.05) is 37.3 Å². The second-order valence-electron chi connectivity index (χ2n) is 8.58. The molecular weight excluding hydrogens is 476 g/mol. The summed E-state index contributed by atoms with van der Waals surface area (Å²) < 4.78 is 34.0. The number of sulfonamides is 1. The summed E-state index contributed by atoms with van der Waals surface area (Å²) in [4.78, 5) is 22.7. The number of hydrogen-bond acceptors (Lipinski definition) is 6. The maximum absolute atomic E-state index is 12.9. The number of hydrogen-bond donors (Lipinski definition) is 2. The fraction of sp³-hybridized carbons (Fsp3) is 0.185. The normalized spacial score (nSPS) is 11.8. The third-order valence-electron chi connectivity index (χ3n) is 6.17. The molecule has 0 saturated heterocycles. The van der Waals surface area contributed by atoms with E-state index in [9.17, 15) is 13.2 Å². The van der Waals surface area contributed by atoms with E-state index in [-0.39, 0.29) is 10.5 Å². The Morgan fingerprint density at radius 2 is 1.72 bits per heavy atom. The molecule has 0 amide bonds. The van der Waals surface area contributed by atoms with Crippen LogP contribution in [-0.2, 0) is 10.0 Å². The largest absolute Gasteiger partial charge is 0.422 e. The Kier molecular flexibility index (Phi) is 6.01. The van der Waals surface area contributed by atoms with Gasteiger partial charge < -0.3 is 14.3 Å². The van der Waals surface area contributed by atoms with Crippen molar-refractivity contribution in [2.75, 3.05) is 22.7 Å². The molecule has 2 aromatic heterocycles. The van der Waals surface area contributed by atoms with Gasteiger partial charge in [-0.2, -0.15) is 0 Å². The van der Waals surface area contributed by atoms with E-state index in [1.165, 1.54) is 12.1 Å². The summed E-state index contributed by atoms with van der Waals surface area (Å²) in [5.41, 5.74) is 3.78. The highest BCUT2D eigenvalue weighted by Gasteiger charge is 2.18. The molecule has 0 radical (unpaired) electrons. The molecule has 0 spiro atoms. The maximum atomic E-state index is 12.9. The highest BCUT2D eigenvalue weighted by Crippen LogP contribution is 2.27. The predicted molar refractivity (Wildman–Crippen MR) is 143 cm³/mol. The molecule has 0 saturated carbocycles. The molecule has 3 aromatic carbocycles. The topological polar surface area (TPSA) is 108 Å². The standard InChI is InChI=1S/C27H26N4O4S/c1-4-31(5-2)20-11-8-18-14-22(27(32)35-25(18)15-20)26-28-23-13-12-21(16-24(23)29-26)36(33,34)30-19-9-6-17(3)7-10-19/h6-16,30H,4-5H2,1-3H3,(H,28,29). The van der Waals surface area contributed by atoms with Crippen LogP contribution in [-0.4, -0.2) is 31.5 Å². The lowest BCUT2D eigenvalue weighted by molar-refractivity contribution is 0.563. The molecule has 0 atom stereocenters. The van der Waals surface area contributed by atoms with Crippen LogP contribution in [0.2, 0.25) is 0 Å². The number of aryl methyl sites for hydroxylation is 1. The first-order valence-electron chi connectivity index (χ1n) is 11.7. The van der Waals surface area contributed by atoms with E-state index >= 15 is 0 Å². The van der Waals surface area contributed by atoms with Gasteiger partial charge in [0.05, 0.1) is 15.9 Å². The van der Waals surface area contributed by atoms with Crippen molar-refractivity contribution >= 4 is 43.4 Å². The Morgan fingerprint density at radius 1 is 0.972 bits per heavy atom. The molecule has 184 valence electrons. The van der Waals surface area contributed by atoms with Crippen LogP contribution in [0.15, 0.2) is 80.8 Å². The molecule has 0 aliphatic rings. The third kappa shape index (κ3) is 4.45. The van der Waals surface area contributed by atoms with Crippen LogP contribution in [0.4, 0.5) is 11.4 Å². The molecule has 5 aromatic rings. The summed E-state index contributed by atoms with van der Waals surface area (Å²) in [6.45, 7) is 7.78. The molecule has 0 aliphatic carbocycles. The fourth-order valence-electron chi connectivity index (χ4n) is 4.17. The number of nitrogens with zero attached hydrogens (tertiary/aromatic N) is 2. The van der Waals surface area contributed by atoms with Gasteiger partial charge in [-0.3, -0.25) is 4.72 Å². The second kappa shape index (κ2) is 9.16. The minimum absolute atomic E-state index is 0.0836. The van der Waals surface area contributed by atoms with Crippen LogP contribution in [0.5, 0.6) is 0 Å². The zero-order valence-corrected chi connectivity index (χ0v) is 21.0. The van der Waals surface area contributed by atoms with Crippen molar-refractivity contribution in [2.45, 2.75) is 25.7 Å². The van der Waals surface area contributed by atoms with Crippen molar-refractivity contribution in [2.24, 2.45) is 0 Å². The minimum Gasteiger partial charge on any atom is -0.422 e. The number of aromatic amines is 1. The lowest BCUT2D eigenvalue weighted by Gasteiger charge is -2.20. The van der Waals surface area contributed by atoms with E-state index in [0.29, 0.717) is 28.1 Å². The number of aromatic nitrogens is 2. The van der Waals surface area contributed by atoms with E-state index in [0.717, 1.165) is 29.7 Å². The van der Waals surface area contributed by atoms with E-state index in [1.54, 1.807) is 24.3 Å². The van der Waals surface area contributed by atoms with Gasteiger partial charge in [-0.05, 0) is 69.3 Å². The van der Waals surface area contributed by atoms with Crippen molar-refractivity contribution in [3.8, 4) is 11.4 Å². The van der Waals surface area contributed by atoms with Crippen LogP contribution >= 0.6 is 0 Å². The van der Waals surface area contributed by atoms with Crippen molar-refractivity contribution in [3.05, 3.63) is 82.7 Å². The molecule has 0 unspecified atom stereocenters. The lowest BCUT2D eigenvalue weighted by atomic mass is 10.1. The average molecular weight is 503 g/mol. The number of rotatable bonds is 7. The Labute approximate surface area is 208 Å². The van der Waals surface area contributed by atoms with Crippen molar-refractivity contribution in [1.82, 2.24) is 9.97 Å². The first-order chi connectivity index (χ1) is 17.3. The first-order valence-corrected chi connectivity index (χ1v) is 13.2. The Bertz CT molecular complexity index is 1730. The molecule has 0 bridgehead atoms. The Hall–Kier alpha value is -4.11. The van der Waals surface area contributed by atoms with Gasteiger partial charge in [0, 0.05) is 35.9 Å². The molecule has 9 heteroatoms. The van der Waals surface area contributed by atoms with E-state index in [2.05, 4.69) is 33.4 Å². The number of nitrogens with one attached hydrogen (secondary N) is 2. The number of fused-ring (bicyclic) bond motifs is 2. The summed E-state index contributed by atoms with van der Waals surface area (Å²) in [6, 6.07) is 19.2. The summed E-state index contributed by atoms with van der Waals surface area (Å²) in [6.07, 6.45) is 0. The highest BCUT2D eigenvalue weighted by molar-refractivity contribution is 7.92. The number of anilines is 2. The van der Waals surface area contributed by atoms with Crippen LogP contribution in [0.3, 0.4) is 0 Å². The number of benzene rings is 3. The van der Waals surface area contributed by atoms with Gasteiger partial charge in [0.1, 0.15) is 17.0 Å². The average Bonchev–Trinajstić information content (AvgIpc) is 3.29. The SMILES string of the molecule is CCN(CC)c1ccc2cc(-c3nc4ccc(S(=O)(=O)Nc5ccc(C)cc5)cc4[nH]3)c(=O)oc2c1. The van der Waals surface area contributed by atoms with Crippen LogP contribution in [0.1, 0.15) is 19.4 Å². The minimum atomic E-state index is -3.81. The molecule has 36 heavy (non-hydrogen) atoms. The summed E-state index contributed by atoms with van der Waals surface area (Å²) in [5, 5.41) is 0.770.